The molecule has 0 spiro atoms. The van der Waals surface area contributed by atoms with Gasteiger partial charge in [0.25, 0.3) is 0 Å². The first kappa shape index (κ1) is 24.9. The van der Waals surface area contributed by atoms with Crippen molar-refractivity contribution in [1.82, 2.24) is 15.5 Å². The van der Waals surface area contributed by atoms with Crippen LogP contribution in [0.15, 0.2) is 29.3 Å². The minimum Gasteiger partial charge on any atom is -0.494 e. The topological polar surface area (TPSA) is 58.1 Å². The van der Waals surface area contributed by atoms with Crippen LogP contribution >= 0.6 is 24.0 Å². The number of guanidine groups is 1. The molecule has 0 bridgehead atoms. The Balaban J connectivity index is 0.00000625. The van der Waals surface area contributed by atoms with E-state index in [4.69, 9.17) is 9.47 Å². The maximum Gasteiger partial charge on any atom is 0.191 e. The third kappa shape index (κ3) is 12.3. The third-order valence-electron chi connectivity index (χ3n) is 3.52. The second-order valence-corrected chi connectivity index (χ2v) is 6.12. The minimum atomic E-state index is 0. The maximum atomic E-state index is 5.75. The minimum absolute atomic E-state index is 0. The van der Waals surface area contributed by atoms with Gasteiger partial charge in [0.05, 0.1) is 13.2 Å². The Morgan fingerprint density at radius 1 is 1.08 bits per heavy atom. The number of hydrogen-bond donors (Lipinski definition) is 2. The van der Waals surface area contributed by atoms with Crippen molar-refractivity contribution in [1.29, 1.82) is 0 Å². The van der Waals surface area contributed by atoms with Crippen molar-refractivity contribution in [3.63, 3.8) is 0 Å². The molecule has 0 amide bonds. The van der Waals surface area contributed by atoms with Crippen LogP contribution in [0.2, 0.25) is 0 Å². The fourth-order valence-electron chi connectivity index (χ4n) is 2.20. The van der Waals surface area contributed by atoms with E-state index in [1.165, 1.54) is 0 Å². The molecule has 0 aliphatic carbocycles. The van der Waals surface area contributed by atoms with Gasteiger partial charge < -0.3 is 25.0 Å². The van der Waals surface area contributed by atoms with Crippen LogP contribution in [-0.2, 0) is 11.3 Å². The van der Waals surface area contributed by atoms with E-state index in [1.54, 1.807) is 7.11 Å². The first-order valence-electron chi connectivity index (χ1n) is 9.03. The molecule has 26 heavy (non-hydrogen) atoms. The first-order chi connectivity index (χ1) is 12.2. The standard InChI is InChI=1S/C19H34N4O2.HI/c1-5-20-19(21-12-6-14-24-4)22-16-17-8-10-18(11-9-17)25-15-7-13-23(2)3;/h8-11H,5-7,12-16H2,1-4H3,(H2,20,21,22);1H. The molecule has 150 valence electrons. The Kier molecular flexibility index (Phi) is 15.5. The zero-order chi connectivity index (χ0) is 18.3. The van der Waals surface area contributed by atoms with Gasteiger partial charge in [-0.25, -0.2) is 4.99 Å². The zero-order valence-corrected chi connectivity index (χ0v) is 18.9. The molecule has 0 aromatic heterocycles. The highest BCUT2D eigenvalue weighted by Gasteiger charge is 1.99. The number of methoxy groups -OCH3 is 1. The van der Waals surface area contributed by atoms with Gasteiger partial charge in [0.2, 0.25) is 0 Å². The van der Waals surface area contributed by atoms with Crippen LogP contribution in [0.5, 0.6) is 5.75 Å². The average molecular weight is 478 g/mol. The van der Waals surface area contributed by atoms with Gasteiger partial charge in [0.15, 0.2) is 5.96 Å². The number of halogens is 1. The Labute approximate surface area is 175 Å². The lowest BCUT2D eigenvalue weighted by molar-refractivity contribution is 0.195. The zero-order valence-electron chi connectivity index (χ0n) is 16.6. The number of ether oxygens (including phenoxy) is 2. The van der Waals surface area contributed by atoms with E-state index in [-0.39, 0.29) is 24.0 Å². The number of nitrogens with one attached hydrogen (secondary N) is 2. The van der Waals surface area contributed by atoms with Crippen molar-refractivity contribution >= 4 is 29.9 Å². The van der Waals surface area contributed by atoms with E-state index in [0.29, 0.717) is 6.54 Å². The van der Waals surface area contributed by atoms with Crippen LogP contribution < -0.4 is 15.4 Å². The molecule has 0 heterocycles. The molecule has 0 unspecified atom stereocenters. The Bertz CT molecular complexity index is 481. The number of benzene rings is 1. The Hall–Kier alpha value is -1.06. The molecule has 0 aliphatic rings. The quantitative estimate of drug-likeness (QED) is 0.210. The monoisotopic (exact) mass is 478 g/mol. The summed E-state index contributed by atoms with van der Waals surface area (Å²) in [7, 11) is 5.86. The van der Waals surface area contributed by atoms with Crippen LogP contribution in [-0.4, -0.2) is 64.9 Å². The van der Waals surface area contributed by atoms with Gasteiger partial charge in [-0.2, -0.15) is 0 Å². The van der Waals surface area contributed by atoms with E-state index in [0.717, 1.165) is 63.0 Å². The van der Waals surface area contributed by atoms with Gasteiger partial charge in [-0.1, -0.05) is 12.1 Å². The smallest absolute Gasteiger partial charge is 0.191 e. The number of hydrogen-bond acceptors (Lipinski definition) is 4. The lowest BCUT2D eigenvalue weighted by Gasteiger charge is -2.12. The predicted molar refractivity (Wildman–Crippen MR) is 120 cm³/mol. The largest absolute Gasteiger partial charge is 0.494 e. The second kappa shape index (κ2) is 16.1. The van der Waals surface area contributed by atoms with Crippen LogP contribution in [0.1, 0.15) is 25.3 Å². The summed E-state index contributed by atoms with van der Waals surface area (Å²) in [4.78, 5) is 6.78. The van der Waals surface area contributed by atoms with Crippen LogP contribution in [0, 0.1) is 0 Å². The summed E-state index contributed by atoms with van der Waals surface area (Å²) in [5.41, 5.74) is 1.16. The van der Waals surface area contributed by atoms with Crippen LogP contribution in [0.25, 0.3) is 0 Å². The van der Waals surface area contributed by atoms with Crippen LogP contribution in [0.4, 0.5) is 0 Å². The molecule has 0 saturated carbocycles. The normalized spacial score (nSPS) is 11.2. The third-order valence-corrected chi connectivity index (χ3v) is 3.52. The summed E-state index contributed by atoms with van der Waals surface area (Å²) in [6.45, 7) is 6.93. The van der Waals surface area contributed by atoms with E-state index in [1.807, 2.05) is 12.1 Å². The highest BCUT2D eigenvalue weighted by atomic mass is 127. The molecule has 7 heteroatoms. The molecule has 0 aliphatic heterocycles. The van der Waals surface area contributed by atoms with E-state index < -0.39 is 0 Å². The molecular formula is C19H35IN4O2. The Morgan fingerprint density at radius 3 is 2.42 bits per heavy atom. The fourth-order valence-corrected chi connectivity index (χ4v) is 2.20. The number of nitrogens with zero attached hydrogens (tertiary/aromatic N) is 2. The second-order valence-electron chi connectivity index (χ2n) is 6.12. The van der Waals surface area contributed by atoms with Gasteiger partial charge in [0, 0.05) is 33.4 Å². The SMILES string of the molecule is CCNC(=NCc1ccc(OCCCN(C)C)cc1)NCCCOC.I. The van der Waals surface area contributed by atoms with E-state index in [2.05, 4.69) is 53.7 Å². The molecule has 1 aromatic carbocycles. The van der Waals surface area contributed by atoms with Crippen molar-refractivity contribution in [2.75, 3.05) is 54.1 Å². The lowest BCUT2D eigenvalue weighted by Crippen LogP contribution is -2.38. The summed E-state index contributed by atoms with van der Waals surface area (Å²) in [6, 6.07) is 8.16. The highest BCUT2D eigenvalue weighted by Crippen LogP contribution is 2.13. The maximum absolute atomic E-state index is 5.75. The molecule has 2 N–H and O–H groups in total. The molecule has 0 saturated heterocycles. The summed E-state index contributed by atoms with van der Waals surface area (Å²) in [5, 5.41) is 6.56. The van der Waals surface area contributed by atoms with Crippen molar-refractivity contribution < 1.29 is 9.47 Å². The average Bonchev–Trinajstić information content (AvgIpc) is 2.61. The van der Waals surface area contributed by atoms with Gasteiger partial charge in [-0.15, -0.1) is 24.0 Å². The molecule has 0 radical (unpaired) electrons. The van der Waals surface area contributed by atoms with Crippen molar-refractivity contribution in [3.05, 3.63) is 29.8 Å². The van der Waals surface area contributed by atoms with Crippen molar-refractivity contribution in [2.45, 2.75) is 26.3 Å². The lowest BCUT2D eigenvalue weighted by atomic mass is 10.2. The van der Waals surface area contributed by atoms with Gasteiger partial charge in [-0.3, -0.25) is 0 Å². The van der Waals surface area contributed by atoms with Crippen molar-refractivity contribution in [3.8, 4) is 5.75 Å². The predicted octanol–water partition coefficient (Wildman–Crippen LogP) is 2.73. The molecule has 0 fully saturated rings. The van der Waals surface area contributed by atoms with Gasteiger partial charge >= 0.3 is 0 Å². The van der Waals surface area contributed by atoms with E-state index >= 15 is 0 Å². The highest BCUT2D eigenvalue weighted by molar-refractivity contribution is 14.0. The summed E-state index contributed by atoms with van der Waals surface area (Å²) in [6.07, 6.45) is 1.99. The molecule has 1 rings (SSSR count). The molecular weight excluding hydrogens is 443 g/mol. The van der Waals surface area contributed by atoms with Gasteiger partial charge in [0.1, 0.15) is 5.75 Å². The van der Waals surface area contributed by atoms with E-state index in [9.17, 15) is 0 Å². The summed E-state index contributed by atoms with van der Waals surface area (Å²) < 4.78 is 10.8. The molecule has 0 atom stereocenters. The summed E-state index contributed by atoms with van der Waals surface area (Å²) >= 11 is 0. The summed E-state index contributed by atoms with van der Waals surface area (Å²) in [5.74, 6) is 1.75. The first-order valence-corrected chi connectivity index (χ1v) is 9.03. The van der Waals surface area contributed by atoms with Crippen molar-refractivity contribution in [2.24, 2.45) is 4.99 Å². The van der Waals surface area contributed by atoms with Gasteiger partial charge in [-0.05, 0) is 51.6 Å². The molecule has 1 aromatic rings. The number of rotatable bonds is 12. The van der Waals surface area contributed by atoms with Crippen LogP contribution in [0.3, 0.4) is 0 Å². The fraction of sp³-hybridized carbons (Fsp3) is 0.632. The Morgan fingerprint density at radius 2 is 1.81 bits per heavy atom. The molecule has 6 nitrogen and oxygen atoms in total. The number of aliphatic imine (C=N–C) groups is 1.